The molecule has 0 spiro atoms. The molecule has 0 saturated carbocycles. The lowest BCUT2D eigenvalue weighted by molar-refractivity contribution is -0.117. The molecule has 2 atom stereocenters. The van der Waals surface area contributed by atoms with Crippen LogP contribution in [0.5, 0.6) is 5.75 Å². The number of hydrogen-bond donors (Lipinski definition) is 0. The van der Waals surface area contributed by atoms with E-state index in [9.17, 15) is 9.59 Å². The molecule has 1 fully saturated rings. The molecule has 2 aliphatic rings. The van der Waals surface area contributed by atoms with Crippen LogP contribution in [0, 0.1) is 0 Å². The Morgan fingerprint density at radius 2 is 1.58 bits per heavy atom. The molecule has 3 aromatic carbocycles. The molecule has 0 radical (unpaired) electrons. The minimum absolute atomic E-state index is 0.00847. The van der Waals surface area contributed by atoms with Gasteiger partial charge < -0.3 is 19.4 Å². The van der Waals surface area contributed by atoms with E-state index in [2.05, 4.69) is 36.1 Å². The number of carbonyl (C=O) groups is 2. The van der Waals surface area contributed by atoms with E-state index >= 15 is 0 Å². The Kier molecular flexibility index (Phi) is 6.68. The van der Waals surface area contributed by atoms with Crippen molar-refractivity contribution in [2.75, 3.05) is 34.9 Å². The Balaban J connectivity index is 1.48. The molecule has 2 heterocycles. The van der Waals surface area contributed by atoms with Crippen LogP contribution in [-0.4, -0.2) is 38.1 Å². The number of para-hydroxylation sites is 1. The normalized spacial score (nSPS) is 19.1. The van der Waals surface area contributed by atoms with Crippen molar-refractivity contribution in [2.45, 2.75) is 45.2 Å². The Morgan fingerprint density at radius 1 is 0.917 bits per heavy atom. The summed E-state index contributed by atoms with van der Waals surface area (Å²) in [6.07, 6.45) is 3.10. The lowest BCUT2D eigenvalue weighted by Gasteiger charge is -2.43. The van der Waals surface area contributed by atoms with Crippen molar-refractivity contribution >= 4 is 28.9 Å². The molecule has 6 heteroatoms. The molecule has 0 unspecified atom stereocenters. The van der Waals surface area contributed by atoms with Crippen LogP contribution in [-0.2, 0) is 4.79 Å². The maximum Gasteiger partial charge on any atom is 0.258 e. The second-order valence-electron chi connectivity index (χ2n) is 9.66. The fourth-order valence-electron chi connectivity index (χ4n) is 5.59. The monoisotopic (exact) mass is 483 g/mol. The molecule has 2 aliphatic heterocycles. The van der Waals surface area contributed by atoms with Crippen LogP contribution in [0.1, 0.15) is 55.1 Å². The molecule has 36 heavy (non-hydrogen) atoms. The van der Waals surface area contributed by atoms with E-state index in [0.717, 1.165) is 30.0 Å². The molecule has 2 amide bonds. The van der Waals surface area contributed by atoms with Gasteiger partial charge in [-0.15, -0.1) is 0 Å². The van der Waals surface area contributed by atoms with Gasteiger partial charge in [-0.3, -0.25) is 9.59 Å². The molecule has 5 rings (SSSR count). The lowest BCUT2D eigenvalue weighted by Crippen LogP contribution is -2.47. The number of hydrogen-bond acceptors (Lipinski definition) is 4. The average molecular weight is 484 g/mol. The zero-order valence-corrected chi connectivity index (χ0v) is 21.2. The Labute approximate surface area is 213 Å². The molecular weight excluding hydrogens is 450 g/mol. The summed E-state index contributed by atoms with van der Waals surface area (Å²) >= 11 is 0. The summed E-state index contributed by atoms with van der Waals surface area (Å²) in [7, 11) is 1.61. The van der Waals surface area contributed by atoms with Crippen molar-refractivity contribution in [3.63, 3.8) is 0 Å². The van der Waals surface area contributed by atoms with Crippen molar-refractivity contribution in [3.8, 4) is 5.75 Å². The highest BCUT2D eigenvalue weighted by Gasteiger charge is 2.38. The predicted molar refractivity (Wildman–Crippen MR) is 144 cm³/mol. The van der Waals surface area contributed by atoms with Crippen LogP contribution in [0.25, 0.3) is 0 Å². The third kappa shape index (κ3) is 4.43. The molecular formula is C30H33N3O3. The number of benzene rings is 3. The molecule has 0 aromatic heterocycles. The van der Waals surface area contributed by atoms with Crippen molar-refractivity contribution in [1.29, 1.82) is 0 Å². The summed E-state index contributed by atoms with van der Waals surface area (Å²) in [5.74, 6) is 0.651. The summed E-state index contributed by atoms with van der Waals surface area (Å²) in [5.41, 5.74) is 4.52. The average Bonchev–Trinajstić information content (AvgIpc) is 3.44. The number of methoxy groups -OCH3 is 1. The van der Waals surface area contributed by atoms with Gasteiger partial charge in [0.15, 0.2) is 0 Å². The first-order valence-corrected chi connectivity index (χ1v) is 12.7. The molecule has 0 aliphatic carbocycles. The van der Waals surface area contributed by atoms with E-state index in [1.807, 2.05) is 34.1 Å². The standard InChI is InChI=1S/C30H33N3O3/c1-21-20-29(33(22(2)34)25-14-12-24(13-15-25)31-18-6-7-19-31)27-8-4-5-9-28(27)32(21)30(35)23-10-16-26(36-3)17-11-23/h4-5,8-17,21,29H,6-7,18-20H2,1-3H3/t21-,29+/m0/s1. The van der Waals surface area contributed by atoms with Crippen LogP contribution in [0.2, 0.25) is 0 Å². The molecule has 186 valence electrons. The number of anilines is 3. The van der Waals surface area contributed by atoms with E-state index in [1.165, 1.54) is 18.5 Å². The van der Waals surface area contributed by atoms with E-state index in [-0.39, 0.29) is 23.9 Å². The van der Waals surface area contributed by atoms with Gasteiger partial charge in [0.05, 0.1) is 13.2 Å². The number of rotatable bonds is 5. The topological polar surface area (TPSA) is 53.1 Å². The highest BCUT2D eigenvalue weighted by molar-refractivity contribution is 6.07. The van der Waals surface area contributed by atoms with Crippen LogP contribution in [0.4, 0.5) is 17.1 Å². The van der Waals surface area contributed by atoms with Gasteiger partial charge in [-0.2, -0.15) is 0 Å². The number of fused-ring (bicyclic) bond motifs is 1. The predicted octanol–water partition coefficient (Wildman–Crippen LogP) is 5.83. The SMILES string of the molecule is COc1ccc(C(=O)N2c3ccccc3[C@H](N(C(C)=O)c3ccc(N4CCCC4)cc3)C[C@@H]2C)cc1. The maximum atomic E-state index is 13.6. The first kappa shape index (κ1) is 23.9. The summed E-state index contributed by atoms with van der Waals surface area (Å²) in [4.78, 5) is 32.8. The first-order valence-electron chi connectivity index (χ1n) is 12.7. The summed E-state index contributed by atoms with van der Waals surface area (Å²) < 4.78 is 5.25. The quantitative estimate of drug-likeness (QED) is 0.458. The number of nitrogens with zero attached hydrogens (tertiary/aromatic N) is 3. The minimum atomic E-state index is -0.161. The van der Waals surface area contributed by atoms with Crippen molar-refractivity contribution in [1.82, 2.24) is 0 Å². The van der Waals surface area contributed by atoms with Gasteiger partial charge in [0.1, 0.15) is 5.75 Å². The number of ether oxygens (including phenoxy) is 1. The fourth-order valence-corrected chi connectivity index (χ4v) is 5.59. The van der Waals surface area contributed by atoms with E-state index in [4.69, 9.17) is 4.74 Å². The van der Waals surface area contributed by atoms with Crippen LogP contribution in [0.3, 0.4) is 0 Å². The van der Waals surface area contributed by atoms with Gasteiger partial charge in [-0.05, 0) is 86.3 Å². The van der Waals surface area contributed by atoms with E-state index in [0.29, 0.717) is 17.7 Å². The second-order valence-corrected chi connectivity index (χ2v) is 9.66. The summed E-state index contributed by atoms with van der Waals surface area (Å²) in [5, 5.41) is 0. The highest BCUT2D eigenvalue weighted by Crippen LogP contribution is 2.43. The fraction of sp³-hybridized carbons (Fsp3) is 0.333. The van der Waals surface area contributed by atoms with Gasteiger partial charge in [0.2, 0.25) is 5.91 Å². The number of amides is 2. The van der Waals surface area contributed by atoms with Crippen molar-refractivity contribution in [3.05, 3.63) is 83.9 Å². The third-order valence-electron chi connectivity index (χ3n) is 7.37. The van der Waals surface area contributed by atoms with Crippen LogP contribution >= 0.6 is 0 Å². The van der Waals surface area contributed by atoms with Gasteiger partial charge in [-0.25, -0.2) is 0 Å². The summed E-state index contributed by atoms with van der Waals surface area (Å²) in [6.45, 7) is 5.85. The third-order valence-corrected chi connectivity index (χ3v) is 7.37. The maximum absolute atomic E-state index is 13.6. The summed E-state index contributed by atoms with van der Waals surface area (Å²) in [6, 6.07) is 23.2. The van der Waals surface area contributed by atoms with E-state index < -0.39 is 0 Å². The first-order chi connectivity index (χ1) is 17.5. The highest BCUT2D eigenvalue weighted by atomic mass is 16.5. The van der Waals surface area contributed by atoms with Gasteiger partial charge in [0, 0.05) is 48.7 Å². The number of carbonyl (C=O) groups excluding carboxylic acids is 2. The van der Waals surface area contributed by atoms with Gasteiger partial charge >= 0.3 is 0 Å². The van der Waals surface area contributed by atoms with Gasteiger partial charge in [0.25, 0.3) is 5.91 Å². The Hall–Kier alpha value is -3.80. The second kappa shape index (κ2) is 10.1. The molecule has 0 N–H and O–H groups in total. The van der Waals surface area contributed by atoms with Crippen molar-refractivity contribution < 1.29 is 14.3 Å². The van der Waals surface area contributed by atoms with Crippen molar-refractivity contribution in [2.24, 2.45) is 0 Å². The molecule has 6 nitrogen and oxygen atoms in total. The molecule has 3 aromatic rings. The Bertz CT molecular complexity index is 1230. The van der Waals surface area contributed by atoms with Crippen LogP contribution < -0.4 is 19.4 Å². The zero-order chi connectivity index (χ0) is 25.2. The molecule has 0 bridgehead atoms. The van der Waals surface area contributed by atoms with Crippen LogP contribution in [0.15, 0.2) is 72.8 Å². The lowest BCUT2D eigenvalue weighted by atomic mass is 9.89. The van der Waals surface area contributed by atoms with Gasteiger partial charge in [-0.1, -0.05) is 18.2 Å². The zero-order valence-electron chi connectivity index (χ0n) is 21.2. The van der Waals surface area contributed by atoms with E-state index in [1.54, 1.807) is 38.3 Å². The minimum Gasteiger partial charge on any atom is -0.497 e. The molecule has 1 saturated heterocycles. The largest absolute Gasteiger partial charge is 0.497 e. The smallest absolute Gasteiger partial charge is 0.258 e. The Morgan fingerprint density at radius 3 is 2.22 bits per heavy atom.